The van der Waals surface area contributed by atoms with Gasteiger partial charge in [-0.2, -0.15) is 13.2 Å². The molecule has 0 saturated heterocycles. The molecule has 1 N–H and O–H groups in total. The molecule has 2 rings (SSSR count). The van der Waals surface area contributed by atoms with Gasteiger partial charge in [-0.1, -0.05) is 32.0 Å². The fraction of sp³-hybridized carbons (Fsp3) is 0.429. The van der Waals surface area contributed by atoms with E-state index in [1.807, 2.05) is 0 Å². The number of aryl methyl sites for hydroxylation is 2. The Labute approximate surface area is 162 Å². The number of nitrogens with zero attached hydrogens (tertiary/aromatic N) is 1. The Morgan fingerprint density at radius 1 is 1.21 bits per heavy atom. The first-order valence-electron chi connectivity index (χ1n) is 9.24. The van der Waals surface area contributed by atoms with Crippen LogP contribution in [0.4, 0.5) is 13.2 Å². The van der Waals surface area contributed by atoms with Crippen LogP contribution in [0.5, 0.6) is 0 Å². The maximum absolute atomic E-state index is 12.8. The van der Waals surface area contributed by atoms with Crippen molar-refractivity contribution in [1.29, 1.82) is 0 Å². The summed E-state index contributed by atoms with van der Waals surface area (Å²) in [6.45, 7) is 6.47. The lowest BCUT2D eigenvalue weighted by molar-refractivity contribution is -0.137. The minimum Gasteiger partial charge on any atom is -0.352 e. The maximum Gasteiger partial charge on any atom is 0.416 e. The SMILES string of the molecule is Cc1ccn(CCC(C)C)c(=O)c1C(=O)NCCc1cccc(C(F)(F)F)c1. The molecule has 1 aromatic heterocycles. The monoisotopic (exact) mass is 394 g/mol. The van der Waals surface area contributed by atoms with Gasteiger partial charge in [0.25, 0.3) is 11.5 Å². The molecule has 0 saturated carbocycles. The predicted octanol–water partition coefficient (Wildman–Crippen LogP) is 4.19. The Bertz CT molecular complexity index is 886. The third-order valence-electron chi connectivity index (χ3n) is 4.50. The van der Waals surface area contributed by atoms with Gasteiger partial charge in [0.1, 0.15) is 5.56 Å². The Morgan fingerprint density at radius 2 is 1.93 bits per heavy atom. The summed E-state index contributed by atoms with van der Waals surface area (Å²) in [4.78, 5) is 25.1. The van der Waals surface area contributed by atoms with Gasteiger partial charge in [-0.3, -0.25) is 9.59 Å². The molecule has 28 heavy (non-hydrogen) atoms. The van der Waals surface area contributed by atoms with Gasteiger partial charge in [-0.05, 0) is 48.9 Å². The Hall–Kier alpha value is -2.57. The summed E-state index contributed by atoms with van der Waals surface area (Å²) in [5, 5.41) is 2.65. The summed E-state index contributed by atoms with van der Waals surface area (Å²) < 4.78 is 39.8. The Kier molecular flexibility index (Phi) is 7.05. The molecule has 0 unspecified atom stereocenters. The topological polar surface area (TPSA) is 51.1 Å². The molecule has 0 bridgehead atoms. The van der Waals surface area contributed by atoms with Gasteiger partial charge in [-0.15, -0.1) is 0 Å². The largest absolute Gasteiger partial charge is 0.416 e. The first kappa shape index (κ1) is 21.7. The third-order valence-corrected chi connectivity index (χ3v) is 4.50. The van der Waals surface area contributed by atoms with E-state index in [0.717, 1.165) is 18.6 Å². The lowest BCUT2D eigenvalue weighted by Gasteiger charge is -2.12. The zero-order chi connectivity index (χ0) is 20.9. The Balaban J connectivity index is 2.06. The molecule has 7 heteroatoms. The molecule has 0 atom stereocenters. The lowest BCUT2D eigenvalue weighted by Crippen LogP contribution is -2.35. The van der Waals surface area contributed by atoms with Crippen LogP contribution < -0.4 is 10.9 Å². The van der Waals surface area contributed by atoms with Crippen molar-refractivity contribution in [1.82, 2.24) is 9.88 Å². The van der Waals surface area contributed by atoms with Crippen molar-refractivity contribution in [2.24, 2.45) is 5.92 Å². The van der Waals surface area contributed by atoms with E-state index >= 15 is 0 Å². The molecular weight excluding hydrogens is 369 g/mol. The average molecular weight is 394 g/mol. The first-order valence-corrected chi connectivity index (χ1v) is 9.24. The normalized spacial score (nSPS) is 11.7. The standard InChI is InChI=1S/C21H25F3N2O2/c1-14(2)8-11-26-12-9-15(3)18(20(26)28)19(27)25-10-7-16-5-4-6-17(13-16)21(22,23)24/h4-6,9,12-14H,7-8,10-11H2,1-3H3,(H,25,27). The number of pyridine rings is 1. The molecule has 0 aliphatic rings. The zero-order valence-corrected chi connectivity index (χ0v) is 16.3. The highest BCUT2D eigenvalue weighted by Crippen LogP contribution is 2.29. The average Bonchev–Trinajstić information content (AvgIpc) is 2.60. The number of alkyl halides is 3. The van der Waals surface area contributed by atoms with Crippen LogP contribution in [0, 0.1) is 12.8 Å². The van der Waals surface area contributed by atoms with Crippen LogP contribution in [-0.2, 0) is 19.1 Å². The van der Waals surface area contributed by atoms with Gasteiger partial charge in [0.15, 0.2) is 0 Å². The van der Waals surface area contributed by atoms with Crippen LogP contribution >= 0.6 is 0 Å². The van der Waals surface area contributed by atoms with Crippen molar-refractivity contribution in [3.05, 3.63) is 69.1 Å². The van der Waals surface area contributed by atoms with E-state index < -0.39 is 17.6 Å². The van der Waals surface area contributed by atoms with E-state index in [2.05, 4.69) is 19.2 Å². The highest BCUT2D eigenvalue weighted by molar-refractivity contribution is 5.95. The van der Waals surface area contributed by atoms with E-state index in [9.17, 15) is 22.8 Å². The van der Waals surface area contributed by atoms with Crippen LogP contribution in [-0.4, -0.2) is 17.0 Å². The molecule has 0 fully saturated rings. The van der Waals surface area contributed by atoms with Crippen LogP contribution in [0.15, 0.2) is 41.3 Å². The van der Waals surface area contributed by atoms with Gasteiger partial charge >= 0.3 is 6.18 Å². The van der Waals surface area contributed by atoms with Crippen molar-refractivity contribution in [2.75, 3.05) is 6.54 Å². The highest BCUT2D eigenvalue weighted by atomic mass is 19.4. The molecule has 0 radical (unpaired) electrons. The molecule has 152 valence electrons. The van der Waals surface area contributed by atoms with Crippen LogP contribution in [0.2, 0.25) is 0 Å². The summed E-state index contributed by atoms with van der Waals surface area (Å²) in [6, 6.07) is 6.72. The fourth-order valence-corrected chi connectivity index (χ4v) is 2.83. The summed E-state index contributed by atoms with van der Waals surface area (Å²) >= 11 is 0. The number of benzene rings is 1. The van der Waals surface area contributed by atoms with Crippen molar-refractivity contribution < 1.29 is 18.0 Å². The molecule has 1 aromatic carbocycles. The predicted molar refractivity (Wildman–Crippen MR) is 102 cm³/mol. The summed E-state index contributed by atoms with van der Waals surface area (Å²) in [6.07, 6.45) is -1.66. The van der Waals surface area contributed by atoms with Gasteiger partial charge in [0.05, 0.1) is 5.56 Å². The van der Waals surface area contributed by atoms with Gasteiger partial charge in [0, 0.05) is 19.3 Å². The number of amides is 1. The molecule has 4 nitrogen and oxygen atoms in total. The quantitative estimate of drug-likeness (QED) is 0.765. The molecular formula is C21H25F3N2O2. The number of hydrogen-bond donors (Lipinski definition) is 1. The van der Waals surface area contributed by atoms with E-state index in [4.69, 9.17) is 0 Å². The molecule has 0 spiro atoms. The summed E-state index contributed by atoms with van der Waals surface area (Å²) in [7, 11) is 0. The molecule has 1 heterocycles. The second kappa shape index (κ2) is 9.08. The fourth-order valence-electron chi connectivity index (χ4n) is 2.83. The molecule has 0 aliphatic heterocycles. The second-order valence-corrected chi connectivity index (χ2v) is 7.26. The number of hydrogen-bond acceptors (Lipinski definition) is 2. The van der Waals surface area contributed by atoms with Crippen molar-refractivity contribution in [2.45, 2.75) is 46.3 Å². The smallest absolute Gasteiger partial charge is 0.352 e. The summed E-state index contributed by atoms with van der Waals surface area (Å²) in [5.41, 5.74) is 0.0485. The van der Waals surface area contributed by atoms with Gasteiger partial charge < -0.3 is 9.88 Å². The van der Waals surface area contributed by atoms with E-state index in [1.54, 1.807) is 25.3 Å². The maximum atomic E-state index is 12.8. The molecule has 0 aliphatic carbocycles. The molecule has 1 amide bonds. The minimum atomic E-state index is -4.40. The van der Waals surface area contributed by atoms with E-state index in [-0.39, 0.29) is 24.1 Å². The summed E-state index contributed by atoms with van der Waals surface area (Å²) in [5.74, 6) is -0.0775. The number of halogens is 3. The highest BCUT2D eigenvalue weighted by Gasteiger charge is 2.30. The lowest BCUT2D eigenvalue weighted by atomic mass is 10.1. The Morgan fingerprint density at radius 3 is 2.57 bits per heavy atom. The number of carbonyl (C=O) groups is 1. The number of rotatable bonds is 7. The molecule has 2 aromatic rings. The van der Waals surface area contributed by atoms with Gasteiger partial charge in [0.2, 0.25) is 0 Å². The van der Waals surface area contributed by atoms with Crippen molar-refractivity contribution in [3.63, 3.8) is 0 Å². The first-order chi connectivity index (χ1) is 13.1. The second-order valence-electron chi connectivity index (χ2n) is 7.26. The van der Waals surface area contributed by atoms with E-state index in [0.29, 0.717) is 23.6 Å². The van der Waals surface area contributed by atoms with Crippen molar-refractivity contribution in [3.8, 4) is 0 Å². The van der Waals surface area contributed by atoms with E-state index in [1.165, 1.54) is 10.6 Å². The zero-order valence-electron chi connectivity index (χ0n) is 16.3. The minimum absolute atomic E-state index is 0.0790. The van der Waals surface area contributed by atoms with Crippen LogP contribution in [0.3, 0.4) is 0 Å². The van der Waals surface area contributed by atoms with Crippen molar-refractivity contribution >= 4 is 5.91 Å². The van der Waals surface area contributed by atoms with Crippen LogP contribution in [0.1, 0.15) is 47.3 Å². The number of aromatic nitrogens is 1. The van der Waals surface area contributed by atoms with Gasteiger partial charge in [-0.25, -0.2) is 0 Å². The van der Waals surface area contributed by atoms with Crippen LogP contribution in [0.25, 0.3) is 0 Å². The third kappa shape index (κ3) is 5.71. The number of nitrogens with one attached hydrogen (secondary N) is 1. The number of carbonyl (C=O) groups excluding carboxylic acids is 1.